The van der Waals surface area contributed by atoms with Crippen LogP contribution in [0, 0.1) is 0 Å². The van der Waals surface area contributed by atoms with Gasteiger partial charge in [0, 0.05) is 57.3 Å². The fourth-order valence-corrected chi connectivity index (χ4v) is 6.52. The summed E-state index contributed by atoms with van der Waals surface area (Å²) in [6.45, 7) is 0. The van der Waals surface area contributed by atoms with E-state index in [9.17, 15) is 0 Å². The van der Waals surface area contributed by atoms with Gasteiger partial charge in [-0.05, 0) is 83.1 Å². The van der Waals surface area contributed by atoms with Crippen LogP contribution in [-0.2, 0) is 0 Å². The second-order valence-electron chi connectivity index (χ2n) is 11.2. The Kier molecular flexibility index (Phi) is 5.47. The van der Waals surface area contributed by atoms with Crippen LogP contribution >= 0.6 is 0 Å². The molecule has 0 aliphatic heterocycles. The molecule has 0 aliphatic rings. The lowest BCUT2D eigenvalue weighted by atomic mass is 10.0. The van der Waals surface area contributed by atoms with E-state index < -0.39 is 0 Å². The van der Waals surface area contributed by atoms with Crippen molar-refractivity contribution in [3.8, 4) is 33.9 Å². The zero-order chi connectivity index (χ0) is 29.0. The molecule has 0 saturated carbocycles. The Bertz CT molecular complexity index is 2450. The van der Waals surface area contributed by atoms with E-state index in [0.717, 1.165) is 28.2 Å². The van der Waals surface area contributed by atoms with Gasteiger partial charge in [-0.25, -0.2) is 9.97 Å². The Hall–Kier alpha value is -6.00. The Morgan fingerprint density at radius 2 is 1.11 bits per heavy atom. The van der Waals surface area contributed by atoms with E-state index in [1.54, 1.807) is 0 Å². The predicted octanol–water partition coefficient (Wildman–Crippen LogP) is 10.0. The van der Waals surface area contributed by atoms with Gasteiger partial charge in [-0.15, -0.1) is 0 Å². The minimum atomic E-state index is 0.718. The summed E-state index contributed by atoms with van der Waals surface area (Å²) in [4.78, 5) is 9.36. The standard InChI is InChI=1S/C40H26N4/c1-3-9-27(10-4-1)30-25-41-40(42-26-30)28-15-18-32(19-16-28)44-38-14-8-7-13-33(38)36-24-35-29(23-39(36)44)17-20-37-34(35)21-22-43(37)31-11-5-2-6-12-31/h1-26H. The second-order valence-corrected chi connectivity index (χ2v) is 11.2. The topological polar surface area (TPSA) is 35.6 Å². The number of fused-ring (bicyclic) bond motifs is 6. The highest BCUT2D eigenvalue weighted by Crippen LogP contribution is 2.38. The molecule has 0 N–H and O–H groups in total. The van der Waals surface area contributed by atoms with Crippen LogP contribution in [0.1, 0.15) is 0 Å². The van der Waals surface area contributed by atoms with Gasteiger partial charge in [0.25, 0.3) is 0 Å². The predicted molar refractivity (Wildman–Crippen MR) is 182 cm³/mol. The van der Waals surface area contributed by atoms with Crippen molar-refractivity contribution in [1.82, 2.24) is 19.1 Å². The Labute approximate surface area is 254 Å². The fourth-order valence-electron chi connectivity index (χ4n) is 6.52. The van der Waals surface area contributed by atoms with Gasteiger partial charge in [0.2, 0.25) is 0 Å². The second kappa shape index (κ2) is 9.79. The number of para-hydroxylation sites is 2. The van der Waals surface area contributed by atoms with E-state index in [1.807, 2.05) is 30.6 Å². The van der Waals surface area contributed by atoms with Gasteiger partial charge in [0.05, 0.1) is 16.6 Å². The van der Waals surface area contributed by atoms with Crippen LogP contribution in [0.2, 0.25) is 0 Å². The highest BCUT2D eigenvalue weighted by atomic mass is 15.0. The molecule has 0 spiro atoms. The molecule has 0 atom stereocenters. The van der Waals surface area contributed by atoms with E-state index in [2.05, 4.69) is 147 Å². The van der Waals surface area contributed by atoms with Gasteiger partial charge in [-0.3, -0.25) is 0 Å². The maximum Gasteiger partial charge on any atom is 0.159 e. The molecule has 4 nitrogen and oxygen atoms in total. The summed E-state index contributed by atoms with van der Waals surface area (Å²) in [5.41, 5.74) is 8.98. The number of hydrogen-bond donors (Lipinski definition) is 0. The molecule has 3 aromatic heterocycles. The van der Waals surface area contributed by atoms with Gasteiger partial charge in [-0.2, -0.15) is 0 Å². The van der Waals surface area contributed by atoms with Crippen molar-refractivity contribution < 1.29 is 0 Å². The van der Waals surface area contributed by atoms with Gasteiger partial charge >= 0.3 is 0 Å². The molecule has 206 valence electrons. The van der Waals surface area contributed by atoms with Gasteiger partial charge in [0.15, 0.2) is 5.82 Å². The Morgan fingerprint density at radius 3 is 1.91 bits per heavy atom. The zero-order valence-corrected chi connectivity index (χ0v) is 23.8. The molecular formula is C40H26N4. The van der Waals surface area contributed by atoms with E-state index in [-0.39, 0.29) is 0 Å². The number of benzene rings is 6. The normalized spacial score (nSPS) is 11.6. The minimum absolute atomic E-state index is 0.718. The number of aromatic nitrogens is 4. The quantitative estimate of drug-likeness (QED) is 0.214. The van der Waals surface area contributed by atoms with Crippen molar-refractivity contribution in [2.24, 2.45) is 0 Å². The van der Waals surface area contributed by atoms with E-state index in [1.165, 1.54) is 49.2 Å². The van der Waals surface area contributed by atoms with Crippen LogP contribution in [-0.4, -0.2) is 19.1 Å². The fraction of sp³-hybridized carbons (Fsp3) is 0. The van der Waals surface area contributed by atoms with E-state index in [4.69, 9.17) is 0 Å². The third-order valence-corrected chi connectivity index (χ3v) is 8.66. The van der Waals surface area contributed by atoms with Crippen LogP contribution in [0.15, 0.2) is 158 Å². The van der Waals surface area contributed by atoms with E-state index >= 15 is 0 Å². The molecule has 4 heteroatoms. The lowest BCUT2D eigenvalue weighted by molar-refractivity contribution is 1.13. The average Bonchev–Trinajstić information content (AvgIpc) is 3.68. The maximum absolute atomic E-state index is 4.68. The first-order chi connectivity index (χ1) is 21.8. The summed E-state index contributed by atoms with van der Waals surface area (Å²) in [5, 5.41) is 6.24. The number of hydrogen-bond acceptors (Lipinski definition) is 2. The van der Waals surface area contributed by atoms with Crippen molar-refractivity contribution in [2.45, 2.75) is 0 Å². The summed E-state index contributed by atoms with van der Waals surface area (Å²) in [6, 6.07) is 49.4. The first-order valence-electron chi connectivity index (χ1n) is 14.8. The highest BCUT2D eigenvalue weighted by Gasteiger charge is 2.15. The summed E-state index contributed by atoms with van der Waals surface area (Å²) in [6.07, 6.45) is 5.97. The zero-order valence-electron chi connectivity index (χ0n) is 23.8. The van der Waals surface area contributed by atoms with E-state index in [0.29, 0.717) is 0 Å². The Morgan fingerprint density at radius 1 is 0.409 bits per heavy atom. The largest absolute Gasteiger partial charge is 0.317 e. The smallest absolute Gasteiger partial charge is 0.159 e. The molecule has 0 fully saturated rings. The first-order valence-corrected chi connectivity index (χ1v) is 14.8. The first kappa shape index (κ1) is 24.6. The molecule has 6 aromatic carbocycles. The van der Waals surface area contributed by atoms with Crippen molar-refractivity contribution in [3.05, 3.63) is 158 Å². The molecule has 0 radical (unpaired) electrons. The molecule has 9 rings (SSSR count). The maximum atomic E-state index is 4.68. The van der Waals surface area contributed by atoms with Crippen LogP contribution < -0.4 is 0 Å². The van der Waals surface area contributed by atoms with Crippen molar-refractivity contribution in [3.63, 3.8) is 0 Å². The van der Waals surface area contributed by atoms with Crippen LogP contribution in [0.4, 0.5) is 0 Å². The lowest BCUT2D eigenvalue weighted by Crippen LogP contribution is -1.95. The minimum Gasteiger partial charge on any atom is -0.317 e. The van der Waals surface area contributed by atoms with Crippen LogP contribution in [0.25, 0.3) is 77.4 Å². The molecule has 44 heavy (non-hydrogen) atoms. The molecule has 0 aliphatic carbocycles. The summed E-state index contributed by atoms with van der Waals surface area (Å²) < 4.78 is 4.63. The summed E-state index contributed by atoms with van der Waals surface area (Å²) in [7, 11) is 0. The van der Waals surface area contributed by atoms with Gasteiger partial charge in [0.1, 0.15) is 0 Å². The lowest BCUT2D eigenvalue weighted by Gasteiger charge is -2.10. The Balaban J connectivity index is 1.16. The average molecular weight is 563 g/mol. The van der Waals surface area contributed by atoms with Crippen molar-refractivity contribution in [1.29, 1.82) is 0 Å². The molecule has 0 amide bonds. The van der Waals surface area contributed by atoms with Crippen molar-refractivity contribution >= 4 is 43.5 Å². The van der Waals surface area contributed by atoms with Gasteiger partial charge in [-0.1, -0.05) is 72.8 Å². The third-order valence-electron chi connectivity index (χ3n) is 8.66. The third kappa shape index (κ3) is 3.85. The SMILES string of the molecule is c1ccc(-c2cnc(-c3ccc(-n4c5ccccc5c5cc6c(ccc7c6ccn7-c6ccccc6)cc54)cc3)nc2)cc1. The van der Waals surface area contributed by atoms with Crippen molar-refractivity contribution in [2.75, 3.05) is 0 Å². The van der Waals surface area contributed by atoms with Crippen LogP contribution in [0.3, 0.4) is 0 Å². The van der Waals surface area contributed by atoms with Crippen LogP contribution in [0.5, 0.6) is 0 Å². The monoisotopic (exact) mass is 562 g/mol. The molecule has 0 unspecified atom stereocenters. The number of rotatable bonds is 4. The molecule has 3 heterocycles. The molecular weight excluding hydrogens is 536 g/mol. The molecule has 9 aromatic rings. The summed E-state index contributed by atoms with van der Waals surface area (Å²) in [5.74, 6) is 0.718. The molecule has 0 saturated heterocycles. The van der Waals surface area contributed by atoms with Gasteiger partial charge < -0.3 is 9.13 Å². The molecule has 0 bridgehead atoms. The summed E-state index contributed by atoms with van der Waals surface area (Å²) >= 11 is 0. The number of nitrogens with zero attached hydrogens (tertiary/aromatic N) is 4. The highest BCUT2D eigenvalue weighted by molar-refractivity contribution is 6.18.